The van der Waals surface area contributed by atoms with Crippen molar-refractivity contribution in [2.24, 2.45) is 0 Å². The molecule has 8 heteroatoms. The predicted molar refractivity (Wildman–Crippen MR) is 120 cm³/mol. The van der Waals surface area contributed by atoms with Crippen LogP contribution in [-0.2, 0) is 17.8 Å². The molecule has 0 spiro atoms. The number of nitrogens with one attached hydrogen (secondary N) is 2. The summed E-state index contributed by atoms with van der Waals surface area (Å²) in [6.45, 7) is 0.907. The van der Waals surface area contributed by atoms with Crippen molar-refractivity contribution in [1.29, 1.82) is 0 Å². The molecular weight excluding hydrogens is 414 g/mol. The maximum atomic E-state index is 12.6. The van der Waals surface area contributed by atoms with Gasteiger partial charge in [-0.2, -0.15) is 0 Å². The molecule has 158 valence electrons. The average Bonchev–Trinajstić information content (AvgIpc) is 3.30. The monoisotopic (exact) mass is 435 g/mol. The molecule has 4 aromatic rings. The van der Waals surface area contributed by atoms with Crippen LogP contribution < -0.4 is 5.32 Å². The number of H-pyrrole nitrogens is 1. The number of halogens is 1. The van der Waals surface area contributed by atoms with Crippen LogP contribution in [0.25, 0.3) is 22.3 Å². The highest BCUT2D eigenvalue weighted by Crippen LogP contribution is 2.24. The van der Waals surface area contributed by atoms with E-state index in [1.54, 1.807) is 43.8 Å². The Balaban J connectivity index is 1.56. The Morgan fingerprint density at radius 3 is 2.74 bits per heavy atom. The van der Waals surface area contributed by atoms with Gasteiger partial charge in [0.2, 0.25) is 0 Å². The number of methoxy groups -OCH3 is 1. The number of carbonyl (C=O) groups excluding carboxylic acids is 1. The molecule has 31 heavy (non-hydrogen) atoms. The number of hydrogen-bond acceptors (Lipinski definition) is 5. The highest BCUT2D eigenvalue weighted by molar-refractivity contribution is 6.30. The van der Waals surface area contributed by atoms with E-state index in [0.717, 1.165) is 35.3 Å². The number of carbonyl (C=O) groups is 1. The van der Waals surface area contributed by atoms with Crippen molar-refractivity contribution in [2.75, 3.05) is 13.7 Å². The molecule has 0 bridgehead atoms. The molecule has 2 aromatic carbocycles. The minimum atomic E-state index is -0.138. The van der Waals surface area contributed by atoms with Gasteiger partial charge in [-0.3, -0.25) is 4.79 Å². The van der Waals surface area contributed by atoms with Gasteiger partial charge in [-0.15, -0.1) is 0 Å². The van der Waals surface area contributed by atoms with E-state index in [1.165, 1.54) is 0 Å². The molecule has 0 unspecified atom stereocenters. The molecule has 0 saturated carbocycles. The fourth-order valence-electron chi connectivity index (χ4n) is 3.31. The maximum absolute atomic E-state index is 12.6. The molecule has 0 fully saturated rings. The minimum Gasteiger partial charge on any atom is -0.378 e. The van der Waals surface area contributed by atoms with E-state index in [9.17, 15) is 4.79 Å². The summed E-state index contributed by atoms with van der Waals surface area (Å²) in [5, 5.41) is 4.46. The summed E-state index contributed by atoms with van der Waals surface area (Å²) in [5.74, 6) is 1.34. The Hall–Kier alpha value is -3.29. The first-order chi connectivity index (χ1) is 15.1. The van der Waals surface area contributed by atoms with E-state index >= 15 is 0 Å². The highest BCUT2D eigenvalue weighted by Gasteiger charge is 2.13. The summed E-state index contributed by atoms with van der Waals surface area (Å²) in [7, 11) is 1.63. The SMILES string of the molecule is COCc1nc(-c2ccc(Cl)cc2)nc2cc(C(=O)NCCCc3ncc[nH]3)ccc12. The van der Waals surface area contributed by atoms with Crippen LogP contribution in [-0.4, -0.2) is 39.5 Å². The zero-order chi connectivity index (χ0) is 21.6. The van der Waals surface area contributed by atoms with Crippen LogP contribution in [0.15, 0.2) is 54.9 Å². The van der Waals surface area contributed by atoms with E-state index in [2.05, 4.69) is 25.3 Å². The fraction of sp³-hybridized carbons (Fsp3) is 0.217. The second kappa shape index (κ2) is 9.68. The number of imidazole rings is 1. The molecule has 2 heterocycles. The van der Waals surface area contributed by atoms with Gasteiger partial charge in [0.1, 0.15) is 5.82 Å². The van der Waals surface area contributed by atoms with Crippen molar-refractivity contribution < 1.29 is 9.53 Å². The van der Waals surface area contributed by atoms with Crippen LogP contribution >= 0.6 is 11.6 Å². The van der Waals surface area contributed by atoms with Gasteiger partial charge in [-0.1, -0.05) is 17.7 Å². The Morgan fingerprint density at radius 2 is 2.00 bits per heavy atom. The first kappa shape index (κ1) is 21.0. The van der Waals surface area contributed by atoms with Gasteiger partial charge < -0.3 is 15.0 Å². The lowest BCUT2D eigenvalue weighted by Crippen LogP contribution is -2.24. The number of amides is 1. The molecule has 1 amide bonds. The van der Waals surface area contributed by atoms with Gasteiger partial charge in [-0.25, -0.2) is 15.0 Å². The van der Waals surface area contributed by atoms with E-state index in [4.69, 9.17) is 16.3 Å². The summed E-state index contributed by atoms with van der Waals surface area (Å²) in [6.07, 6.45) is 5.10. The highest BCUT2D eigenvalue weighted by atomic mass is 35.5. The van der Waals surface area contributed by atoms with Crippen molar-refractivity contribution in [2.45, 2.75) is 19.4 Å². The molecule has 4 rings (SSSR count). The fourth-order valence-corrected chi connectivity index (χ4v) is 3.43. The number of nitrogens with zero attached hydrogens (tertiary/aromatic N) is 3. The first-order valence-corrected chi connectivity index (χ1v) is 10.3. The van der Waals surface area contributed by atoms with Crippen molar-refractivity contribution in [3.05, 3.63) is 77.0 Å². The third-order valence-electron chi connectivity index (χ3n) is 4.85. The lowest BCUT2D eigenvalue weighted by molar-refractivity contribution is 0.0953. The number of ether oxygens (including phenoxy) is 1. The second-order valence-electron chi connectivity index (χ2n) is 7.06. The normalized spacial score (nSPS) is 11.0. The van der Waals surface area contributed by atoms with Gasteiger partial charge in [0.05, 0.1) is 17.8 Å². The molecular formula is C23H22ClN5O2. The van der Waals surface area contributed by atoms with Crippen LogP contribution in [0.1, 0.15) is 28.3 Å². The summed E-state index contributed by atoms with van der Waals surface area (Å²) in [6, 6.07) is 12.8. The number of fused-ring (bicyclic) bond motifs is 1. The molecule has 0 saturated heterocycles. The molecule has 2 N–H and O–H groups in total. The summed E-state index contributed by atoms with van der Waals surface area (Å²) in [4.78, 5) is 29.2. The van der Waals surface area contributed by atoms with Gasteiger partial charge in [-0.05, 0) is 42.8 Å². The van der Waals surface area contributed by atoms with Crippen LogP contribution in [0.3, 0.4) is 0 Å². The van der Waals surface area contributed by atoms with Crippen LogP contribution in [0.5, 0.6) is 0 Å². The minimum absolute atomic E-state index is 0.138. The van der Waals surface area contributed by atoms with Crippen molar-refractivity contribution in [1.82, 2.24) is 25.3 Å². The standard InChI is InChI=1S/C23H22ClN5O2/c1-31-14-20-18-9-6-16(23(30)27-10-2-3-21-25-11-12-26-21)13-19(18)28-22(29-20)15-4-7-17(24)8-5-15/h4-9,11-13H,2-3,10,14H2,1H3,(H,25,26)(H,27,30). The number of aryl methyl sites for hydroxylation is 1. The molecule has 0 aliphatic carbocycles. The molecule has 0 atom stereocenters. The van der Waals surface area contributed by atoms with Gasteiger partial charge in [0.15, 0.2) is 5.82 Å². The number of aromatic amines is 1. The largest absolute Gasteiger partial charge is 0.378 e. The summed E-state index contributed by atoms with van der Waals surface area (Å²) in [5.41, 5.74) is 2.85. The number of rotatable bonds is 8. The number of hydrogen-bond donors (Lipinski definition) is 2. The molecule has 0 aliphatic heterocycles. The number of aromatic nitrogens is 4. The molecule has 0 radical (unpaired) electrons. The first-order valence-electron chi connectivity index (χ1n) is 9.96. The Bertz CT molecular complexity index is 1180. The van der Waals surface area contributed by atoms with Crippen LogP contribution in [0, 0.1) is 0 Å². The van der Waals surface area contributed by atoms with Gasteiger partial charge >= 0.3 is 0 Å². The molecule has 0 aliphatic rings. The lowest BCUT2D eigenvalue weighted by Gasteiger charge is -2.10. The van der Waals surface area contributed by atoms with E-state index in [1.807, 2.05) is 18.2 Å². The molecule has 7 nitrogen and oxygen atoms in total. The van der Waals surface area contributed by atoms with Crippen molar-refractivity contribution in [3.63, 3.8) is 0 Å². The van der Waals surface area contributed by atoms with Crippen molar-refractivity contribution in [3.8, 4) is 11.4 Å². The molecule has 2 aromatic heterocycles. The lowest BCUT2D eigenvalue weighted by atomic mass is 10.1. The third kappa shape index (κ3) is 5.07. The topological polar surface area (TPSA) is 92.8 Å². The van der Waals surface area contributed by atoms with Gasteiger partial charge in [0, 0.05) is 54.0 Å². The zero-order valence-corrected chi connectivity index (χ0v) is 17.8. The Morgan fingerprint density at radius 1 is 1.16 bits per heavy atom. The Labute approximate surface area is 184 Å². The summed E-state index contributed by atoms with van der Waals surface area (Å²) < 4.78 is 5.32. The zero-order valence-electron chi connectivity index (χ0n) is 17.1. The Kier molecular flexibility index (Phi) is 6.54. The van der Waals surface area contributed by atoms with Crippen molar-refractivity contribution >= 4 is 28.4 Å². The second-order valence-corrected chi connectivity index (χ2v) is 7.50. The van der Waals surface area contributed by atoms with Crippen LogP contribution in [0.2, 0.25) is 5.02 Å². The van der Waals surface area contributed by atoms with E-state index in [0.29, 0.717) is 35.1 Å². The smallest absolute Gasteiger partial charge is 0.251 e. The van der Waals surface area contributed by atoms with E-state index < -0.39 is 0 Å². The quantitative estimate of drug-likeness (QED) is 0.405. The third-order valence-corrected chi connectivity index (χ3v) is 5.10. The van der Waals surface area contributed by atoms with Crippen LogP contribution in [0.4, 0.5) is 0 Å². The van der Waals surface area contributed by atoms with Gasteiger partial charge in [0.25, 0.3) is 5.91 Å². The summed E-state index contributed by atoms with van der Waals surface area (Å²) >= 11 is 6.00. The van der Waals surface area contributed by atoms with E-state index in [-0.39, 0.29) is 5.91 Å². The number of benzene rings is 2. The average molecular weight is 436 g/mol. The predicted octanol–water partition coefficient (Wildman–Crippen LogP) is 4.18. The maximum Gasteiger partial charge on any atom is 0.251 e.